The van der Waals surface area contributed by atoms with Gasteiger partial charge in [0, 0.05) is 17.3 Å². The van der Waals surface area contributed by atoms with Crippen LogP contribution in [0.15, 0.2) is 60.8 Å². The standard InChI is InChI=1S/C21H19N3O4/c1-26-17-6-2-14(3-7-17)21(25)24-20-9-5-16(13-22-20)23-15-4-8-18-19(12-15)28-11-10-27-18/h2-9,12-13,23H,10-11H2,1H3,(H,22,24,25). The van der Waals surface area contributed by atoms with Crippen molar-refractivity contribution in [2.45, 2.75) is 0 Å². The van der Waals surface area contributed by atoms with Crippen molar-refractivity contribution in [3.8, 4) is 17.2 Å². The number of carbonyl (C=O) groups excluding carboxylic acids is 1. The molecule has 1 amide bonds. The molecule has 2 aromatic carbocycles. The minimum atomic E-state index is -0.234. The Morgan fingerprint density at radius 2 is 1.71 bits per heavy atom. The van der Waals surface area contributed by atoms with Crippen LogP contribution in [0.1, 0.15) is 10.4 Å². The molecule has 0 saturated carbocycles. The fourth-order valence-electron chi connectivity index (χ4n) is 2.76. The molecule has 0 aliphatic carbocycles. The topological polar surface area (TPSA) is 81.7 Å². The zero-order valence-electron chi connectivity index (χ0n) is 15.3. The minimum absolute atomic E-state index is 0.234. The maximum Gasteiger partial charge on any atom is 0.256 e. The molecular formula is C21H19N3O4. The Morgan fingerprint density at radius 3 is 2.43 bits per heavy atom. The molecule has 0 fully saturated rings. The average molecular weight is 377 g/mol. The van der Waals surface area contributed by atoms with E-state index < -0.39 is 0 Å². The number of anilines is 3. The number of pyridine rings is 1. The first-order chi connectivity index (χ1) is 13.7. The average Bonchev–Trinajstić information content (AvgIpc) is 2.75. The molecule has 4 rings (SSSR count). The third-order valence-electron chi connectivity index (χ3n) is 4.19. The number of nitrogens with zero attached hydrogens (tertiary/aromatic N) is 1. The highest BCUT2D eigenvalue weighted by Crippen LogP contribution is 2.33. The fraction of sp³-hybridized carbons (Fsp3) is 0.143. The lowest BCUT2D eigenvalue weighted by atomic mass is 10.2. The first kappa shape index (κ1) is 17.7. The van der Waals surface area contributed by atoms with Crippen molar-refractivity contribution >= 4 is 23.1 Å². The summed E-state index contributed by atoms with van der Waals surface area (Å²) in [5.74, 6) is 2.39. The molecule has 0 spiro atoms. The molecule has 0 bridgehead atoms. The van der Waals surface area contributed by atoms with Gasteiger partial charge < -0.3 is 24.8 Å². The van der Waals surface area contributed by atoms with Gasteiger partial charge in [0.25, 0.3) is 5.91 Å². The van der Waals surface area contributed by atoms with Gasteiger partial charge in [-0.25, -0.2) is 4.98 Å². The molecule has 2 heterocycles. The third kappa shape index (κ3) is 3.98. The predicted molar refractivity (Wildman–Crippen MR) is 106 cm³/mol. The number of hydrogen-bond acceptors (Lipinski definition) is 6. The van der Waals surface area contributed by atoms with Crippen molar-refractivity contribution in [1.82, 2.24) is 4.98 Å². The van der Waals surface area contributed by atoms with Gasteiger partial charge in [-0.3, -0.25) is 4.79 Å². The van der Waals surface area contributed by atoms with Crippen LogP contribution in [0.25, 0.3) is 0 Å². The SMILES string of the molecule is COc1ccc(C(=O)Nc2ccc(Nc3ccc4c(c3)OCCO4)cn2)cc1. The van der Waals surface area contributed by atoms with E-state index in [0.29, 0.717) is 36.1 Å². The van der Waals surface area contributed by atoms with Gasteiger partial charge in [0.2, 0.25) is 0 Å². The van der Waals surface area contributed by atoms with Crippen molar-refractivity contribution in [3.05, 3.63) is 66.4 Å². The summed E-state index contributed by atoms with van der Waals surface area (Å²) < 4.78 is 16.2. The summed E-state index contributed by atoms with van der Waals surface area (Å²) in [7, 11) is 1.58. The number of nitrogens with one attached hydrogen (secondary N) is 2. The number of rotatable bonds is 5. The summed E-state index contributed by atoms with van der Waals surface area (Å²) in [6.07, 6.45) is 1.65. The predicted octanol–water partition coefficient (Wildman–Crippen LogP) is 3.86. The molecule has 1 aliphatic heterocycles. The molecule has 0 radical (unpaired) electrons. The molecule has 3 aromatic rings. The zero-order valence-corrected chi connectivity index (χ0v) is 15.3. The van der Waals surface area contributed by atoms with Crippen LogP contribution in [0.4, 0.5) is 17.2 Å². The molecule has 0 unspecified atom stereocenters. The Morgan fingerprint density at radius 1 is 0.964 bits per heavy atom. The van der Waals surface area contributed by atoms with Crippen molar-refractivity contribution in [2.75, 3.05) is 31.0 Å². The molecule has 28 heavy (non-hydrogen) atoms. The van der Waals surface area contributed by atoms with Crippen molar-refractivity contribution in [1.29, 1.82) is 0 Å². The molecule has 1 aliphatic rings. The summed E-state index contributed by atoms with van der Waals surface area (Å²) in [6.45, 7) is 1.11. The second-order valence-electron chi connectivity index (χ2n) is 6.10. The largest absolute Gasteiger partial charge is 0.497 e. The molecule has 2 N–H and O–H groups in total. The lowest BCUT2D eigenvalue weighted by Crippen LogP contribution is -2.15. The molecule has 0 saturated heterocycles. The Labute approximate surface area is 162 Å². The van der Waals surface area contributed by atoms with Gasteiger partial charge in [-0.15, -0.1) is 0 Å². The number of hydrogen-bond donors (Lipinski definition) is 2. The van der Waals surface area contributed by atoms with Crippen molar-refractivity contribution in [2.24, 2.45) is 0 Å². The van der Waals surface area contributed by atoms with Gasteiger partial charge in [-0.2, -0.15) is 0 Å². The Hall–Kier alpha value is -3.74. The minimum Gasteiger partial charge on any atom is -0.497 e. The van der Waals surface area contributed by atoms with Crippen LogP contribution < -0.4 is 24.8 Å². The lowest BCUT2D eigenvalue weighted by Gasteiger charge is -2.19. The second kappa shape index (κ2) is 7.87. The Kier molecular flexibility index (Phi) is 4.97. The quantitative estimate of drug-likeness (QED) is 0.703. The first-order valence-corrected chi connectivity index (χ1v) is 8.79. The van der Waals surface area contributed by atoms with Crippen LogP contribution in [0, 0.1) is 0 Å². The highest BCUT2D eigenvalue weighted by atomic mass is 16.6. The summed E-state index contributed by atoms with van der Waals surface area (Å²) in [5.41, 5.74) is 2.18. The number of carbonyl (C=O) groups is 1. The van der Waals surface area contributed by atoms with Gasteiger partial charge in [0.1, 0.15) is 24.8 Å². The van der Waals surface area contributed by atoms with E-state index in [1.807, 2.05) is 24.3 Å². The molecule has 142 valence electrons. The zero-order chi connectivity index (χ0) is 19.3. The third-order valence-corrected chi connectivity index (χ3v) is 4.19. The summed E-state index contributed by atoms with van der Waals surface area (Å²) in [6, 6.07) is 16.1. The van der Waals surface area contributed by atoms with Crippen LogP contribution in [-0.2, 0) is 0 Å². The first-order valence-electron chi connectivity index (χ1n) is 8.79. The molecule has 7 nitrogen and oxygen atoms in total. The highest BCUT2D eigenvalue weighted by Gasteiger charge is 2.12. The van der Waals surface area contributed by atoms with E-state index in [9.17, 15) is 4.79 Å². The Balaban J connectivity index is 1.40. The molecular weight excluding hydrogens is 358 g/mol. The monoisotopic (exact) mass is 377 g/mol. The van der Waals surface area contributed by atoms with Crippen LogP contribution in [0.5, 0.6) is 17.2 Å². The van der Waals surface area contributed by atoms with E-state index in [1.54, 1.807) is 43.6 Å². The number of benzene rings is 2. The normalized spacial score (nSPS) is 12.2. The highest BCUT2D eigenvalue weighted by molar-refractivity contribution is 6.03. The summed E-state index contributed by atoms with van der Waals surface area (Å²) in [4.78, 5) is 16.6. The maximum atomic E-state index is 12.3. The maximum absolute atomic E-state index is 12.3. The van der Waals surface area contributed by atoms with E-state index in [4.69, 9.17) is 14.2 Å². The number of ether oxygens (including phenoxy) is 3. The molecule has 0 atom stereocenters. The van der Waals surface area contributed by atoms with E-state index in [2.05, 4.69) is 15.6 Å². The van der Waals surface area contributed by atoms with Crippen LogP contribution in [0.2, 0.25) is 0 Å². The van der Waals surface area contributed by atoms with Gasteiger partial charge in [0.05, 0.1) is 19.0 Å². The summed E-state index contributed by atoms with van der Waals surface area (Å²) in [5, 5.41) is 6.03. The van der Waals surface area contributed by atoms with Gasteiger partial charge in [0.15, 0.2) is 11.5 Å². The second-order valence-corrected chi connectivity index (χ2v) is 6.10. The van der Waals surface area contributed by atoms with Gasteiger partial charge in [-0.1, -0.05) is 0 Å². The number of fused-ring (bicyclic) bond motifs is 1. The van der Waals surface area contributed by atoms with Gasteiger partial charge in [-0.05, 0) is 48.5 Å². The molecule has 7 heteroatoms. The fourth-order valence-corrected chi connectivity index (χ4v) is 2.76. The van der Waals surface area contributed by atoms with Crippen molar-refractivity contribution < 1.29 is 19.0 Å². The van der Waals surface area contributed by atoms with Crippen LogP contribution in [0.3, 0.4) is 0 Å². The lowest BCUT2D eigenvalue weighted by molar-refractivity contribution is 0.102. The van der Waals surface area contributed by atoms with Crippen LogP contribution >= 0.6 is 0 Å². The number of aromatic nitrogens is 1. The van der Waals surface area contributed by atoms with E-state index in [1.165, 1.54) is 0 Å². The number of amides is 1. The smallest absolute Gasteiger partial charge is 0.256 e. The van der Waals surface area contributed by atoms with E-state index in [0.717, 1.165) is 17.1 Å². The summed E-state index contributed by atoms with van der Waals surface area (Å²) >= 11 is 0. The Bertz CT molecular complexity index is 972. The van der Waals surface area contributed by atoms with E-state index >= 15 is 0 Å². The van der Waals surface area contributed by atoms with Crippen molar-refractivity contribution in [3.63, 3.8) is 0 Å². The van der Waals surface area contributed by atoms with Crippen LogP contribution in [-0.4, -0.2) is 31.2 Å². The van der Waals surface area contributed by atoms with E-state index in [-0.39, 0.29) is 5.91 Å². The van der Waals surface area contributed by atoms with Gasteiger partial charge >= 0.3 is 0 Å². The number of methoxy groups -OCH3 is 1. The molecule has 1 aromatic heterocycles.